The molecule has 0 bridgehead atoms. The van der Waals surface area contributed by atoms with Crippen molar-refractivity contribution >= 4 is 27.7 Å². The van der Waals surface area contributed by atoms with Crippen LogP contribution in [-0.4, -0.2) is 37.2 Å². The summed E-state index contributed by atoms with van der Waals surface area (Å²) in [6.45, 7) is 5.39. The van der Waals surface area contributed by atoms with Crippen LogP contribution >= 0.6 is 15.9 Å². The van der Waals surface area contributed by atoms with E-state index >= 15 is 0 Å². The number of phenols is 1. The number of phenolic OH excluding ortho intramolecular Hbond substituents is 1. The molecule has 36 heavy (non-hydrogen) atoms. The normalized spacial score (nSPS) is 19.7. The van der Waals surface area contributed by atoms with Gasteiger partial charge in [0.1, 0.15) is 5.75 Å². The second-order valence-electron chi connectivity index (χ2n) is 9.30. The molecule has 8 heteroatoms. The molecule has 2 atom stereocenters. The van der Waals surface area contributed by atoms with E-state index < -0.39 is 11.9 Å². The summed E-state index contributed by atoms with van der Waals surface area (Å²) in [6, 6.07) is 11.1. The zero-order chi connectivity index (χ0) is 26.1. The van der Waals surface area contributed by atoms with E-state index in [9.17, 15) is 14.7 Å². The lowest BCUT2D eigenvalue weighted by Gasteiger charge is -2.37. The van der Waals surface area contributed by atoms with Gasteiger partial charge < -0.3 is 24.6 Å². The molecule has 7 nitrogen and oxygen atoms in total. The van der Waals surface area contributed by atoms with Gasteiger partial charge in [-0.15, -0.1) is 0 Å². The summed E-state index contributed by atoms with van der Waals surface area (Å²) in [7, 11) is 3.08. The van der Waals surface area contributed by atoms with Crippen molar-refractivity contribution in [2.45, 2.75) is 51.6 Å². The van der Waals surface area contributed by atoms with Crippen LogP contribution in [0.5, 0.6) is 17.2 Å². The van der Waals surface area contributed by atoms with Crippen molar-refractivity contribution < 1.29 is 28.9 Å². The Morgan fingerprint density at radius 1 is 1.08 bits per heavy atom. The van der Waals surface area contributed by atoms with Crippen LogP contribution < -0.4 is 14.8 Å². The van der Waals surface area contributed by atoms with E-state index in [1.165, 1.54) is 7.11 Å². The molecule has 2 N–H and O–H groups in total. The number of rotatable bonds is 6. The Morgan fingerprint density at radius 2 is 1.78 bits per heavy atom. The molecule has 190 valence electrons. The number of Topliss-reactive ketones (excluding diaryl/α,β-unsaturated/α-hetero) is 1. The van der Waals surface area contributed by atoms with Crippen molar-refractivity contribution in [3.8, 4) is 17.2 Å². The number of aromatic hydroxyl groups is 1. The smallest absolute Gasteiger partial charge is 0.337 e. The van der Waals surface area contributed by atoms with Gasteiger partial charge in [-0.3, -0.25) is 4.79 Å². The van der Waals surface area contributed by atoms with Crippen LogP contribution in [0.3, 0.4) is 0 Å². The largest absolute Gasteiger partial charge is 0.503 e. The van der Waals surface area contributed by atoms with Crippen LogP contribution in [0.4, 0.5) is 0 Å². The fourth-order valence-corrected chi connectivity index (χ4v) is 5.41. The third kappa shape index (κ3) is 4.87. The fourth-order valence-electron chi connectivity index (χ4n) is 4.95. The summed E-state index contributed by atoms with van der Waals surface area (Å²) >= 11 is 3.38. The van der Waals surface area contributed by atoms with Gasteiger partial charge in [0.25, 0.3) is 0 Å². The van der Waals surface area contributed by atoms with Gasteiger partial charge in [0.2, 0.25) is 0 Å². The average molecular weight is 556 g/mol. The molecule has 2 aromatic rings. The van der Waals surface area contributed by atoms with Gasteiger partial charge in [-0.2, -0.15) is 0 Å². The highest BCUT2D eigenvalue weighted by molar-refractivity contribution is 9.10. The van der Waals surface area contributed by atoms with Gasteiger partial charge in [0.15, 0.2) is 17.3 Å². The molecule has 0 aromatic heterocycles. The van der Waals surface area contributed by atoms with E-state index in [0.29, 0.717) is 39.7 Å². The minimum absolute atomic E-state index is 0.00615. The van der Waals surface area contributed by atoms with Crippen LogP contribution in [0, 0.1) is 0 Å². The Bertz CT molecular complexity index is 1260. The summed E-state index contributed by atoms with van der Waals surface area (Å²) in [6.07, 6.45) is 0.603. The van der Waals surface area contributed by atoms with E-state index in [0.717, 1.165) is 17.0 Å². The van der Waals surface area contributed by atoms with Gasteiger partial charge in [0, 0.05) is 29.3 Å². The maximum absolute atomic E-state index is 13.7. The summed E-state index contributed by atoms with van der Waals surface area (Å²) in [5.41, 5.74) is 4.04. The third-order valence-electron chi connectivity index (χ3n) is 6.58. The highest BCUT2D eigenvalue weighted by Crippen LogP contribution is 2.48. The summed E-state index contributed by atoms with van der Waals surface area (Å²) < 4.78 is 16.6. The Morgan fingerprint density at radius 3 is 2.39 bits per heavy atom. The molecular weight excluding hydrogens is 526 g/mol. The van der Waals surface area contributed by atoms with E-state index in [4.69, 9.17) is 14.2 Å². The number of dihydropyridines is 1. The Labute approximate surface area is 219 Å². The lowest BCUT2D eigenvalue weighted by Crippen LogP contribution is -2.36. The maximum atomic E-state index is 13.7. The zero-order valence-electron chi connectivity index (χ0n) is 21.0. The molecule has 1 heterocycles. The van der Waals surface area contributed by atoms with Crippen molar-refractivity contribution in [2.75, 3.05) is 14.2 Å². The van der Waals surface area contributed by atoms with Crippen LogP contribution in [0.25, 0.3) is 0 Å². The SMILES string of the molecule is COc1ccc([C@H]2CC(=O)C3=C(C2)NC(C)=C(C(=O)OC(C)C)[C@@H]3c2cc(Br)c(O)c(OC)c2)cc1. The minimum atomic E-state index is -0.664. The zero-order valence-corrected chi connectivity index (χ0v) is 22.6. The number of methoxy groups -OCH3 is 2. The molecule has 1 aliphatic heterocycles. The average Bonchev–Trinajstić information content (AvgIpc) is 2.84. The van der Waals surface area contributed by atoms with Crippen LogP contribution in [0.15, 0.2) is 63.4 Å². The quantitative estimate of drug-likeness (QED) is 0.455. The number of ether oxygens (including phenoxy) is 3. The van der Waals surface area contributed by atoms with Crippen LogP contribution in [-0.2, 0) is 14.3 Å². The standard InChI is InChI=1S/C28H30BrNO6/c1-14(2)36-28(33)24-15(3)30-21-11-17(16-6-8-19(34-4)9-7-16)12-22(31)26(21)25(24)18-10-20(29)27(32)23(13-18)35-5/h6-10,13-14,17,25,30,32H,11-12H2,1-5H3/t17-,25+/m1/s1. The van der Waals surface area contributed by atoms with E-state index in [-0.39, 0.29) is 29.3 Å². The number of hydrogen-bond donors (Lipinski definition) is 2. The number of nitrogens with one attached hydrogen (secondary N) is 1. The molecule has 0 unspecified atom stereocenters. The number of benzene rings is 2. The topological polar surface area (TPSA) is 94.1 Å². The minimum Gasteiger partial charge on any atom is -0.503 e. The first-order valence-electron chi connectivity index (χ1n) is 11.8. The van der Waals surface area contributed by atoms with Crippen molar-refractivity contribution in [3.05, 3.63) is 74.5 Å². The van der Waals surface area contributed by atoms with Crippen LogP contribution in [0.1, 0.15) is 56.6 Å². The first-order chi connectivity index (χ1) is 17.1. The maximum Gasteiger partial charge on any atom is 0.337 e. The van der Waals surface area contributed by atoms with Crippen molar-refractivity contribution in [1.82, 2.24) is 5.32 Å². The lowest BCUT2D eigenvalue weighted by atomic mass is 9.71. The molecule has 2 aliphatic rings. The molecule has 0 spiro atoms. The van der Waals surface area contributed by atoms with Gasteiger partial charge in [0.05, 0.1) is 30.4 Å². The summed E-state index contributed by atoms with van der Waals surface area (Å²) in [5.74, 6) is -0.244. The number of halogens is 1. The molecule has 0 amide bonds. The number of esters is 1. The second-order valence-corrected chi connectivity index (χ2v) is 10.2. The first-order valence-corrected chi connectivity index (χ1v) is 12.6. The first kappa shape index (κ1) is 25.8. The lowest BCUT2D eigenvalue weighted by molar-refractivity contribution is -0.143. The third-order valence-corrected chi connectivity index (χ3v) is 7.19. The monoisotopic (exact) mass is 555 g/mol. The van der Waals surface area contributed by atoms with Crippen molar-refractivity contribution in [3.63, 3.8) is 0 Å². The van der Waals surface area contributed by atoms with Crippen molar-refractivity contribution in [1.29, 1.82) is 0 Å². The molecule has 0 saturated heterocycles. The number of allylic oxidation sites excluding steroid dienone is 3. The Kier molecular flexibility index (Phi) is 7.45. The Hall–Kier alpha value is -3.26. The van der Waals surface area contributed by atoms with Gasteiger partial charge in [-0.05, 0) is 84.4 Å². The number of ketones is 1. The molecule has 0 fully saturated rings. The number of carbonyl (C=O) groups excluding carboxylic acids is 2. The number of hydrogen-bond acceptors (Lipinski definition) is 7. The molecular formula is C28H30BrNO6. The highest BCUT2D eigenvalue weighted by Gasteiger charge is 2.42. The molecule has 1 aliphatic carbocycles. The van der Waals surface area contributed by atoms with Gasteiger partial charge >= 0.3 is 5.97 Å². The molecule has 2 aromatic carbocycles. The second kappa shape index (κ2) is 10.4. The summed E-state index contributed by atoms with van der Waals surface area (Å²) in [5, 5.41) is 13.7. The molecule has 0 radical (unpaired) electrons. The number of carbonyl (C=O) groups is 2. The predicted octanol–water partition coefficient (Wildman–Crippen LogP) is 5.49. The van der Waals surface area contributed by atoms with Crippen molar-refractivity contribution in [2.24, 2.45) is 0 Å². The Balaban J connectivity index is 1.83. The van der Waals surface area contributed by atoms with Crippen LogP contribution in [0.2, 0.25) is 0 Å². The van der Waals surface area contributed by atoms with Gasteiger partial charge in [-0.25, -0.2) is 4.79 Å². The fraction of sp³-hybridized carbons (Fsp3) is 0.357. The molecule has 4 rings (SSSR count). The van der Waals surface area contributed by atoms with E-state index in [2.05, 4.69) is 21.2 Å². The summed E-state index contributed by atoms with van der Waals surface area (Å²) in [4.78, 5) is 27.0. The molecule has 0 saturated carbocycles. The van der Waals surface area contributed by atoms with E-state index in [1.807, 2.05) is 31.2 Å². The predicted molar refractivity (Wildman–Crippen MR) is 139 cm³/mol. The van der Waals surface area contributed by atoms with E-state index in [1.54, 1.807) is 33.1 Å². The highest BCUT2D eigenvalue weighted by atomic mass is 79.9. The van der Waals surface area contributed by atoms with Gasteiger partial charge in [-0.1, -0.05) is 12.1 Å².